The van der Waals surface area contributed by atoms with Crippen LogP contribution in [-0.2, 0) is 14.3 Å². The molecule has 2 aromatic rings. The Bertz CT molecular complexity index is 948. The maximum atomic E-state index is 12.9. The lowest BCUT2D eigenvalue weighted by molar-refractivity contribution is -0.131. The summed E-state index contributed by atoms with van der Waals surface area (Å²) in [5.41, 5.74) is 3.74. The average Bonchev–Trinajstić information content (AvgIpc) is 3.28. The number of nitrogens with one attached hydrogen (secondary N) is 1. The van der Waals surface area contributed by atoms with Crippen LogP contribution < -0.4 is 10.1 Å². The van der Waals surface area contributed by atoms with E-state index < -0.39 is 0 Å². The second kappa shape index (κ2) is 10.8. The first-order valence-corrected chi connectivity index (χ1v) is 10.5. The molecule has 0 spiro atoms. The molecule has 3 rings (SSSR count). The fourth-order valence-electron chi connectivity index (χ4n) is 3.53. The van der Waals surface area contributed by atoms with Crippen LogP contribution in [0.15, 0.2) is 48.5 Å². The predicted molar refractivity (Wildman–Crippen MR) is 122 cm³/mol. The number of nitrogens with zero attached hydrogens (tertiary/aromatic N) is 1. The minimum absolute atomic E-state index is 0.0332. The summed E-state index contributed by atoms with van der Waals surface area (Å²) in [6.07, 6.45) is 5.05. The van der Waals surface area contributed by atoms with Crippen molar-refractivity contribution in [3.63, 3.8) is 0 Å². The lowest BCUT2D eigenvalue weighted by Crippen LogP contribution is -2.41. The van der Waals surface area contributed by atoms with Crippen molar-refractivity contribution in [1.82, 2.24) is 4.90 Å². The molecule has 1 N–H and O–H groups in total. The van der Waals surface area contributed by atoms with Crippen LogP contribution in [0.3, 0.4) is 0 Å². The minimum Gasteiger partial charge on any atom is -0.497 e. The van der Waals surface area contributed by atoms with Gasteiger partial charge in [0.1, 0.15) is 12.3 Å². The highest BCUT2D eigenvalue weighted by molar-refractivity contribution is 5.98. The number of methoxy groups -OCH3 is 1. The number of hydrogen-bond acceptors (Lipinski definition) is 4. The number of anilines is 1. The summed E-state index contributed by atoms with van der Waals surface area (Å²) in [5.74, 6) is 0.267. The molecule has 0 aromatic heterocycles. The molecular weight excluding hydrogens is 392 g/mol. The summed E-state index contributed by atoms with van der Waals surface area (Å²) in [4.78, 5) is 27.2. The summed E-state index contributed by atoms with van der Waals surface area (Å²) < 4.78 is 10.9. The molecule has 6 nitrogen and oxygen atoms in total. The maximum Gasteiger partial charge on any atom is 0.247 e. The Morgan fingerprint density at radius 3 is 2.77 bits per heavy atom. The molecule has 1 aliphatic heterocycles. The molecule has 0 bridgehead atoms. The summed E-state index contributed by atoms with van der Waals surface area (Å²) in [7, 11) is 1.60. The second-order valence-corrected chi connectivity index (χ2v) is 7.76. The quantitative estimate of drug-likeness (QED) is 0.654. The number of rotatable bonds is 8. The zero-order valence-corrected chi connectivity index (χ0v) is 18.4. The van der Waals surface area contributed by atoms with Gasteiger partial charge in [0.25, 0.3) is 0 Å². The number of ether oxygens (including phenoxy) is 2. The molecular formula is C25H30N2O4. The Labute approximate surface area is 183 Å². The molecule has 1 fully saturated rings. The van der Waals surface area contributed by atoms with Crippen LogP contribution in [0, 0.1) is 13.8 Å². The molecule has 0 unspecified atom stereocenters. The lowest BCUT2D eigenvalue weighted by Gasteiger charge is -2.24. The molecule has 0 aliphatic carbocycles. The van der Waals surface area contributed by atoms with Crippen molar-refractivity contribution < 1.29 is 19.1 Å². The number of amides is 2. The van der Waals surface area contributed by atoms with E-state index in [9.17, 15) is 9.59 Å². The van der Waals surface area contributed by atoms with Gasteiger partial charge in [-0.25, -0.2) is 0 Å². The highest BCUT2D eigenvalue weighted by Gasteiger charge is 2.23. The first kappa shape index (κ1) is 22.6. The van der Waals surface area contributed by atoms with E-state index in [0.29, 0.717) is 13.2 Å². The number of carbonyl (C=O) groups excluding carboxylic acids is 2. The van der Waals surface area contributed by atoms with Gasteiger partial charge in [-0.3, -0.25) is 9.59 Å². The van der Waals surface area contributed by atoms with Gasteiger partial charge in [-0.2, -0.15) is 0 Å². The third-order valence-corrected chi connectivity index (χ3v) is 5.49. The van der Waals surface area contributed by atoms with E-state index in [1.807, 2.05) is 56.3 Å². The Hall–Kier alpha value is -3.12. The molecule has 1 atom stereocenters. The first-order valence-electron chi connectivity index (χ1n) is 10.5. The van der Waals surface area contributed by atoms with Gasteiger partial charge in [0, 0.05) is 24.9 Å². The van der Waals surface area contributed by atoms with E-state index in [4.69, 9.17) is 9.47 Å². The van der Waals surface area contributed by atoms with Gasteiger partial charge in [-0.15, -0.1) is 0 Å². The third kappa shape index (κ3) is 6.43. The van der Waals surface area contributed by atoms with Crippen LogP contribution in [0.5, 0.6) is 5.75 Å². The van der Waals surface area contributed by atoms with Gasteiger partial charge >= 0.3 is 0 Å². The monoisotopic (exact) mass is 422 g/mol. The molecule has 2 amide bonds. The van der Waals surface area contributed by atoms with E-state index in [0.717, 1.165) is 41.0 Å². The Kier molecular flexibility index (Phi) is 7.84. The van der Waals surface area contributed by atoms with Gasteiger partial charge in [0.15, 0.2) is 0 Å². The molecule has 1 heterocycles. The first-order chi connectivity index (χ1) is 15.0. The number of benzene rings is 2. The van der Waals surface area contributed by atoms with Crippen LogP contribution in [0.4, 0.5) is 5.69 Å². The standard InChI is InChI=1S/C25H30N2O4/c1-18-7-4-11-23(19(18)2)26-24(28)17-27(16-22-10-6-14-31-22)25(29)13-12-20-8-5-9-21(15-20)30-3/h4-5,7-9,11-13,15,22H,6,10,14,16-17H2,1-3H3,(H,26,28)/b13-12+/t22-/m0/s1. The summed E-state index contributed by atoms with van der Waals surface area (Å²) >= 11 is 0. The maximum absolute atomic E-state index is 12.9. The molecule has 1 aliphatic rings. The summed E-state index contributed by atoms with van der Waals surface area (Å²) in [6.45, 7) is 5.02. The van der Waals surface area contributed by atoms with Crippen molar-refractivity contribution in [3.8, 4) is 5.75 Å². The molecule has 0 radical (unpaired) electrons. The molecule has 164 valence electrons. The highest BCUT2D eigenvalue weighted by atomic mass is 16.5. The lowest BCUT2D eigenvalue weighted by atomic mass is 10.1. The van der Waals surface area contributed by atoms with Crippen LogP contribution >= 0.6 is 0 Å². The zero-order valence-electron chi connectivity index (χ0n) is 18.4. The van der Waals surface area contributed by atoms with Gasteiger partial charge < -0.3 is 19.7 Å². The summed E-state index contributed by atoms with van der Waals surface area (Å²) in [5, 5.41) is 2.94. The molecule has 0 saturated carbocycles. The average molecular weight is 423 g/mol. The van der Waals surface area contributed by atoms with Crippen molar-refractivity contribution in [1.29, 1.82) is 0 Å². The van der Waals surface area contributed by atoms with Crippen LogP contribution in [-0.4, -0.2) is 49.6 Å². The Balaban J connectivity index is 1.70. The van der Waals surface area contributed by atoms with Gasteiger partial charge in [-0.1, -0.05) is 24.3 Å². The topological polar surface area (TPSA) is 67.9 Å². The van der Waals surface area contributed by atoms with E-state index in [1.54, 1.807) is 18.1 Å². The Morgan fingerprint density at radius 2 is 2.03 bits per heavy atom. The van der Waals surface area contributed by atoms with Gasteiger partial charge in [0.05, 0.1) is 13.2 Å². The number of carbonyl (C=O) groups is 2. The minimum atomic E-state index is -0.227. The van der Waals surface area contributed by atoms with E-state index in [-0.39, 0.29) is 24.5 Å². The molecule has 2 aromatic carbocycles. The summed E-state index contributed by atoms with van der Waals surface area (Å²) in [6, 6.07) is 13.2. The van der Waals surface area contributed by atoms with Crippen LogP contribution in [0.2, 0.25) is 0 Å². The molecule has 31 heavy (non-hydrogen) atoms. The zero-order chi connectivity index (χ0) is 22.2. The second-order valence-electron chi connectivity index (χ2n) is 7.76. The highest BCUT2D eigenvalue weighted by Crippen LogP contribution is 2.19. The van der Waals surface area contributed by atoms with Crippen molar-refractivity contribution >= 4 is 23.6 Å². The smallest absolute Gasteiger partial charge is 0.247 e. The number of hydrogen-bond donors (Lipinski definition) is 1. The normalized spacial score (nSPS) is 15.8. The molecule has 1 saturated heterocycles. The van der Waals surface area contributed by atoms with Crippen molar-refractivity contribution in [2.75, 3.05) is 32.1 Å². The predicted octanol–water partition coefficient (Wildman–Crippen LogP) is 3.97. The van der Waals surface area contributed by atoms with Crippen molar-refractivity contribution in [2.24, 2.45) is 0 Å². The Morgan fingerprint density at radius 1 is 1.23 bits per heavy atom. The van der Waals surface area contributed by atoms with E-state index in [2.05, 4.69) is 5.32 Å². The van der Waals surface area contributed by atoms with E-state index in [1.165, 1.54) is 6.08 Å². The van der Waals surface area contributed by atoms with Crippen molar-refractivity contribution in [2.45, 2.75) is 32.8 Å². The fraction of sp³-hybridized carbons (Fsp3) is 0.360. The van der Waals surface area contributed by atoms with Crippen molar-refractivity contribution in [3.05, 3.63) is 65.2 Å². The third-order valence-electron chi connectivity index (χ3n) is 5.49. The van der Waals surface area contributed by atoms with Gasteiger partial charge in [-0.05, 0) is 67.7 Å². The van der Waals surface area contributed by atoms with Crippen LogP contribution in [0.25, 0.3) is 6.08 Å². The van der Waals surface area contributed by atoms with E-state index >= 15 is 0 Å². The SMILES string of the molecule is COc1cccc(/C=C/C(=O)N(CC(=O)Nc2cccc(C)c2C)C[C@@H]2CCCO2)c1. The van der Waals surface area contributed by atoms with Crippen LogP contribution in [0.1, 0.15) is 29.5 Å². The molecule has 6 heteroatoms. The number of aryl methyl sites for hydroxylation is 1. The van der Waals surface area contributed by atoms with Gasteiger partial charge in [0.2, 0.25) is 11.8 Å². The largest absolute Gasteiger partial charge is 0.497 e. The fourth-order valence-corrected chi connectivity index (χ4v) is 3.53.